The lowest BCUT2D eigenvalue weighted by atomic mass is 10.1. The van der Waals surface area contributed by atoms with Crippen molar-refractivity contribution < 1.29 is 9.59 Å². The van der Waals surface area contributed by atoms with Gasteiger partial charge in [0.25, 0.3) is 0 Å². The molecule has 4 nitrogen and oxygen atoms in total. The molecule has 0 rings (SSSR count). The van der Waals surface area contributed by atoms with E-state index in [2.05, 4.69) is 24.5 Å². The van der Waals surface area contributed by atoms with Gasteiger partial charge in [0.1, 0.15) is 0 Å². The zero-order chi connectivity index (χ0) is 25.0. The van der Waals surface area contributed by atoms with Crippen molar-refractivity contribution in [2.24, 2.45) is 0 Å². The number of hydrogen-bond donors (Lipinski definition) is 2. The molecule has 0 fully saturated rings. The second-order valence-corrected chi connectivity index (χ2v) is 12.2. The lowest BCUT2D eigenvalue weighted by Crippen LogP contribution is -2.26. The van der Waals surface area contributed by atoms with E-state index in [4.69, 9.17) is 0 Å². The van der Waals surface area contributed by atoms with Crippen LogP contribution in [0.2, 0.25) is 0 Å². The molecule has 0 aromatic heterocycles. The summed E-state index contributed by atoms with van der Waals surface area (Å²) < 4.78 is 0. The molecule has 0 aromatic rings. The van der Waals surface area contributed by atoms with Crippen molar-refractivity contribution in [3.8, 4) is 0 Å². The molecular weight excluding hydrogens is 460 g/mol. The van der Waals surface area contributed by atoms with Gasteiger partial charge in [-0.05, 0) is 12.8 Å². The Hall–Kier alpha value is -0.360. The molecule has 2 N–H and O–H groups in total. The Bertz CT molecular complexity index is 410. The van der Waals surface area contributed by atoms with Gasteiger partial charge in [-0.1, -0.05) is 138 Å². The van der Waals surface area contributed by atoms with Crippen LogP contribution in [0, 0.1) is 0 Å². The van der Waals surface area contributed by atoms with Crippen molar-refractivity contribution in [3.05, 3.63) is 0 Å². The van der Waals surface area contributed by atoms with Crippen LogP contribution >= 0.6 is 21.6 Å². The summed E-state index contributed by atoms with van der Waals surface area (Å²) in [6.45, 7) is 5.98. The predicted molar refractivity (Wildman–Crippen MR) is 155 cm³/mol. The summed E-state index contributed by atoms with van der Waals surface area (Å²) >= 11 is 0. The third-order valence-corrected chi connectivity index (χ3v) is 8.52. The summed E-state index contributed by atoms with van der Waals surface area (Å²) in [5, 5.41) is 6.05. The van der Waals surface area contributed by atoms with Crippen LogP contribution in [-0.2, 0) is 9.59 Å². The standard InChI is InChI=1S/C28H56N2O2S2/c1-3-5-7-9-11-13-15-17-19-21-27(31)29-23-25-33-34-26-24-30-28(32)22-20-18-16-14-12-10-8-6-4-2/h3-26H2,1-2H3,(H,29,31)(H,30,32). The second kappa shape index (κ2) is 28.9. The number of carbonyl (C=O) groups is 2. The molecule has 0 spiro atoms. The van der Waals surface area contributed by atoms with Gasteiger partial charge < -0.3 is 10.6 Å². The normalized spacial score (nSPS) is 11.0. The van der Waals surface area contributed by atoms with Crippen LogP contribution in [0.15, 0.2) is 0 Å². The van der Waals surface area contributed by atoms with E-state index in [1.165, 1.54) is 103 Å². The van der Waals surface area contributed by atoms with Crippen LogP contribution in [-0.4, -0.2) is 36.4 Å². The molecule has 0 aromatic carbocycles. The Morgan fingerprint density at radius 1 is 0.471 bits per heavy atom. The van der Waals surface area contributed by atoms with Gasteiger partial charge in [-0.25, -0.2) is 0 Å². The molecule has 0 aliphatic heterocycles. The molecule has 6 heteroatoms. The minimum atomic E-state index is 0.192. The molecule has 0 unspecified atom stereocenters. The Morgan fingerprint density at radius 3 is 1.09 bits per heavy atom. The van der Waals surface area contributed by atoms with E-state index in [0.717, 1.165) is 37.4 Å². The molecule has 2 amide bonds. The lowest BCUT2D eigenvalue weighted by molar-refractivity contribution is -0.121. The fraction of sp³-hybridized carbons (Fsp3) is 0.929. The Labute approximate surface area is 220 Å². The molecule has 0 heterocycles. The predicted octanol–water partition coefficient (Wildman–Crippen LogP) is 8.44. The van der Waals surface area contributed by atoms with E-state index in [1.807, 2.05) is 0 Å². The van der Waals surface area contributed by atoms with Crippen LogP contribution in [0.25, 0.3) is 0 Å². The Kier molecular flexibility index (Phi) is 28.6. The van der Waals surface area contributed by atoms with E-state index in [1.54, 1.807) is 21.6 Å². The van der Waals surface area contributed by atoms with Crippen molar-refractivity contribution in [1.82, 2.24) is 10.6 Å². The van der Waals surface area contributed by atoms with E-state index < -0.39 is 0 Å². The molecular formula is C28H56N2O2S2. The summed E-state index contributed by atoms with van der Waals surface area (Å²) in [6, 6.07) is 0. The summed E-state index contributed by atoms with van der Waals surface area (Å²) in [4.78, 5) is 23.8. The topological polar surface area (TPSA) is 58.2 Å². The molecule has 202 valence electrons. The number of hydrogen-bond acceptors (Lipinski definition) is 4. The van der Waals surface area contributed by atoms with Gasteiger partial charge in [-0.15, -0.1) is 0 Å². The highest BCUT2D eigenvalue weighted by molar-refractivity contribution is 8.76. The summed E-state index contributed by atoms with van der Waals surface area (Å²) in [5.74, 6) is 2.22. The van der Waals surface area contributed by atoms with E-state index >= 15 is 0 Å². The average Bonchev–Trinajstić information content (AvgIpc) is 2.83. The first-order valence-electron chi connectivity index (χ1n) is 14.5. The van der Waals surface area contributed by atoms with Crippen molar-refractivity contribution in [3.63, 3.8) is 0 Å². The minimum Gasteiger partial charge on any atom is -0.355 e. The van der Waals surface area contributed by atoms with Crippen LogP contribution in [0.3, 0.4) is 0 Å². The zero-order valence-corrected chi connectivity index (χ0v) is 24.2. The van der Waals surface area contributed by atoms with Crippen molar-refractivity contribution in [1.29, 1.82) is 0 Å². The Balaban J connectivity index is 3.25. The number of unbranched alkanes of at least 4 members (excludes halogenated alkanes) is 16. The van der Waals surface area contributed by atoms with Gasteiger partial charge in [0.05, 0.1) is 0 Å². The number of rotatable bonds is 27. The smallest absolute Gasteiger partial charge is 0.220 e. The van der Waals surface area contributed by atoms with Gasteiger partial charge >= 0.3 is 0 Å². The second-order valence-electron chi connectivity index (χ2n) is 9.50. The maximum absolute atomic E-state index is 11.9. The fourth-order valence-electron chi connectivity index (χ4n) is 3.95. The van der Waals surface area contributed by atoms with Gasteiger partial charge in [0, 0.05) is 37.4 Å². The highest BCUT2D eigenvalue weighted by Gasteiger charge is 2.02. The highest BCUT2D eigenvalue weighted by Crippen LogP contribution is 2.19. The maximum Gasteiger partial charge on any atom is 0.220 e. The first kappa shape index (κ1) is 33.6. The van der Waals surface area contributed by atoms with Crippen molar-refractivity contribution >= 4 is 33.4 Å². The Morgan fingerprint density at radius 2 is 0.765 bits per heavy atom. The first-order valence-corrected chi connectivity index (χ1v) is 17.0. The van der Waals surface area contributed by atoms with Gasteiger partial charge in [-0.2, -0.15) is 0 Å². The quantitative estimate of drug-likeness (QED) is 0.0849. The average molecular weight is 517 g/mol. The molecule has 0 saturated heterocycles. The lowest BCUT2D eigenvalue weighted by Gasteiger charge is -2.06. The molecule has 0 bridgehead atoms. The maximum atomic E-state index is 11.9. The van der Waals surface area contributed by atoms with Crippen molar-refractivity contribution in [2.45, 2.75) is 142 Å². The fourth-order valence-corrected chi connectivity index (χ4v) is 5.76. The van der Waals surface area contributed by atoms with Crippen molar-refractivity contribution in [2.75, 3.05) is 24.6 Å². The van der Waals surface area contributed by atoms with Gasteiger partial charge in [0.15, 0.2) is 0 Å². The van der Waals surface area contributed by atoms with Gasteiger partial charge in [-0.3, -0.25) is 9.59 Å². The molecule has 0 aliphatic rings. The van der Waals surface area contributed by atoms with E-state index in [0.29, 0.717) is 12.8 Å². The van der Waals surface area contributed by atoms with Crippen LogP contribution in [0.4, 0.5) is 0 Å². The van der Waals surface area contributed by atoms with Crippen LogP contribution in [0.1, 0.15) is 142 Å². The molecule has 0 saturated carbocycles. The minimum absolute atomic E-state index is 0.192. The largest absolute Gasteiger partial charge is 0.355 e. The summed E-state index contributed by atoms with van der Waals surface area (Å²) in [7, 11) is 3.55. The van der Waals surface area contributed by atoms with E-state index in [9.17, 15) is 9.59 Å². The molecule has 0 atom stereocenters. The summed E-state index contributed by atoms with van der Waals surface area (Å²) in [6.07, 6.45) is 24.4. The SMILES string of the molecule is CCCCCCCCCCCC(=O)NCCSSCCNC(=O)CCCCCCCCCCC. The first-order chi connectivity index (χ1) is 16.7. The monoisotopic (exact) mass is 516 g/mol. The molecule has 0 radical (unpaired) electrons. The third-order valence-electron chi connectivity index (χ3n) is 6.11. The number of carbonyl (C=O) groups excluding carboxylic acids is 2. The zero-order valence-electron chi connectivity index (χ0n) is 22.6. The third kappa shape index (κ3) is 27.9. The van der Waals surface area contributed by atoms with Gasteiger partial charge in [0.2, 0.25) is 11.8 Å². The number of nitrogens with one attached hydrogen (secondary N) is 2. The number of amides is 2. The highest BCUT2D eigenvalue weighted by atomic mass is 33.1. The van der Waals surface area contributed by atoms with Crippen LogP contribution < -0.4 is 10.6 Å². The molecule has 34 heavy (non-hydrogen) atoms. The van der Waals surface area contributed by atoms with E-state index in [-0.39, 0.29) is 11.8 Å². The van der Waals surface area contributed by atoms with Crippen LogP contribution in [0.5, 0.6) is 0 Å². The summed E-state index contributed by atoms with van der Waals surface area (Å²) in [5.41, 5.74) is 0. The molecule has 0 aliphatic carbocycles.